The minimum Gasteiger partial charge on any atom is -0.233 e. The van der Waals surface area contributed by atoms with Crippen molar-refractivity contribution in [1.82, 2.24) is 14.6 Å². The van der Waals surface area contributed by atoms with Crippen LogP contribution in [-0.2, 0) is 0 Å². The normalized spacial score (nSPS) is 10.2. The van der Waals surface area contributed by atoms with Gasteiger partial charge in [0.05, 0.1) is 5.69 Å². The van der Waals surface area contributed by atoms with Crippen molar-refractivity contribution in [3.8, 4) is 6.07 Å². The van der Waals surface area contributed by atoms with Crippen molar-refractivity contribution in [3.63, 3.8) is 0 Å². The fourth-order valence-corrected chi connectivity index (χ4v) is 1.26. The topological polar surface area (TPSA) is 54.0 Å². The van der Waals surface area contributed by atoms with Crippen LogP contribution in [0.25, 0.3) is 5.65 Å². The Morgan fingerprint density at radius 2 is 2.23 bits per heavy atom. The third kappa shape index (κ3) is 1.05. The van der Waals surface area contributed by atoms with Gasteiger partial charge in [-0.25, -0.2) is 9.50 Å². The van der Waals surface area contributed by atoms with Crippen molar-refractivity contribution in [2.45, 2.75) is 13.8 Å². The van der Waals surface area contributed by atoms with Crippen LogP contribution in [0.5, 0.6) is 0 Å². The van der Waals surface area contributed by atoms with Gasteiger partial charge in [0.1, 0.15) is 11.6 Å². The number of rotatable bonds is 0. The van der Waals surface area contributed by atoms with Gasteiger partial charge < -0.3 is 0 Å². The lowest BCUT2D eigenvalue weighted by Crippen LogP contribution is -1.91. The number of hydrogen-bond donors (Lipinski definition) is 0. The Morgan fingerprint density at radius 1 is 1.46 bits per heavy atom. The third-order valence-corrected chi connectivity index (χ3v) is 1.91. The molecule has 2 heterocycles. The predicted molar refractivity (Wildman–Crippen MR) is 47.2 cm³/mol. The summed E-state index contributed by atoms with van der Waals surface area (Å²) < 4.78 is 1.63. The number of hydrogen-bond acceptors (Lipinski definition) is 3. The zero-order valence-corrected chi connectivity index (χ0v) is 7.44. The summed E-state index contributed by atoms with van der Waals surface area (Å²) in [6, 6.07) is 3.96. The van der Waals surface area contributed by atoms with Crippen molar-refractivity contribution in [2.75, 3.05) is 0 Å². The van der Waals surface area contributed by atoms with Gasteiger partial charge in [0.2, 0.25) is 0 Å². The first-order chi connectivity index (χ1) is 6.22. The molecule has 2 aromatic heterocycles. The lowest BCUT2D eigenvalue weighted by molar-refractivity contribution is 0.909. The molecule has 2 rings (SSSR count). The molecule has 0 fully saturated rings. The fourth-order valence-electron chi connectivity index (χ4n) is 1.26. The van der Waals surface area contributed by atoms with E-state index in [-0.39, 0.29) is 0 Å². The van der Waals surface area contributed by atoms with E-state index in [1.54, 1.807) is 4.52 Å². The lowest BCUT2D eigenvalue weighted by Gasteiger charge is -1.92. The molecular formula is C9H8N4. The maximum absolute atomic E-state index is 8.85. The van der Waals surface area contributed by atoms with E-state index in [1.807, 2.05) is 26.1 Å². The van der Waals surface area contributed by atoms with Crippen molar-refractivity contribution in [3.05, 3.63) is 29.2 Å². The van der Waals surface area contributed by atoms with Crippen LogP contribution in [-0.4, -0.2) is 14.6 Å². The molecule has 0 N–H and O–H groups in total. The first kappa shape index (κ1) is 7.74. The Morgan fingerprint density at radius 3 is 2.92 bits per heavy atom. The van der Waals surface area contributed by atoms with Crippen LogP contribution in [0.2, 0.25) is 0 Å². The van der Waals surface area contributed by atoms with Crippen molar-refractivity contribution >= 4 is 5.65 Å². The Labute approximate surface area is 75.4 Å². The molecule has 0 bridgehead atoms. The van der Waals surface area contributed by atoms with Crippen LogP contribution >= 0.6 is 0 Å². The molecule has 0 spiro atoms. The molecule has 4 nitrogen and oxygen atoms in total. The molecule has 64 valence electrons. The minimum absolute atomic E-state index is 0.559. The Kier molecular flexibility index (Phi) is 1.52. The largest absolute Gasteiger partial charge is 0.233 e. The number of fused-ring (bicyclic) bond motifs is 1. The van der Waals surface area contributed by atoms with E-state index in [4.69, 9.17) is 5.26 Å². The second kappa shape index (κ2) is 2.56. The predicted octanol–water partition coefficient (Wildman–Crippen LogP) is 1.22. The number of aryl methyl sites for hydroxylation is 2. The summed E-state index contributed by atoms with van der Waals surface area (Å²) in [4.78, 5) is 4.25. The summed E-state index contributed by atoms with van der Waals surface area (Å²) in [5.41, 5.74) is 2.81. The highest BCUT2D eigenvalue weighted by molar-refractivity contribution is 5.57. The van der Waals surface area contributed by atoms with Crippen molar-refractivity contribution in [2.24, 2.45) is 0 Å². The second-order valence-corrected chi connectivity index (χ2v) is 2.91. The summed E-state index contributed by atoms with van der Waals surface area (Å²) in [5, 5.41) is 13.0. The molecule has 0 saturated heterocycles. The molecule has 0 amide bonds. The Hall–Kier alpha value is -1.89. The standard InChI is InChI=1S/C9H8N4/c1-6-3-4-13-9(11-6)8(5-10)7(2)12-13/h3-4H,1-2H3. The fraction of sp³-hybridized carbons (Fsp3) is 0.222. The first-order valence-corrected chi connectivity index (χ1v) is 3.95. The molecule has 0 atom stereocenters. The van der Waals surface area contributed by atoms with Crippen LogP contribution < -0.4 is 0 Å². The monoisotopic (exact) mass is 172 g/mol. The lowest BCUT2D eigenvalue weighted by atomic mass is 10.3. The van der Waals surface area contributed by atoms with Crippen molar-refractivity contribution < 1.29 is 0 Å². The van der Waals surface area contributed by atoms with E-state index >= 15 is 0 Å². The minimum atomic E-state index is 0.559. The molecule has 0 aliphatic heterocycles. The van der Waals surface area contributed by atoms with Gasteiger partial charge in [0.25, 0.3) is 0 Å². The maximum Gasteiger partial charge on any atom is 0.173 e. The van der Waals surface area contributed by atoms with Crippen LogP contribution in [0.15, 0.2) is 12.3 Å². The van der Waals surface area contributed by atoms with E-state index in [1.165, 1.54) is 0 Å². The Balaban J connectivity index is 2.91. The number of aromatic nitrogens is 3. The average Bonchev–Trinajstić information content (AvgIpc) is 2.40. The average molecular weight is 172 g/mol. The highest BCUT2D eigenvalue weighted by atomic mass is 15.2. The van der Waals surface area contributed by atoms with E-state index < -0.39 is 0 Å². The molecule has 0 unspecified atom stereocenters. The molecule has 0 saturated carbocycles. The van der Waals surface area contributed by atoms with E-state index in [2.05, 4.69) is 16.2 Å². The van der Waals surface area contributed by atoms with E-state index in [0.29, 0.717) is 11.2 Å². The zero-order chi connectivity index (χ0) is 9.42. The Bertz CT molecular complexity index is 504. The molecular weight excluding hydrogens is 164 g/mol. The summed E-state index contributed by atoms with van der Waals surface area (Å²) in [6.45, 7) is 3.70. The first-order valence-electron chi connectivity index (χ1n) is 3.95. The highest BCUT2D eigenvalue weighted by Gasteiger charge is 2.08. The van der Waals surface area contributed by atoms with Gasteiger partial charge in [-0.3, -0.25) is 0 Å². The van der Waals surface area contributed by atoms with Crippen LogP contribution in [0, 0.1) is 25.2 Å². The van der Waals surface area contributed by atoms with Crippen LogP contribution in [0.3, 0.4) is 0 Å². The highest BCUT2D eigenvalue weighted by Crippen LogP contribution is 2.11. The summed E-state index contributed by atoms with van der Waals surface area (Å²) in [7, 11) is 0. The van der Waals surface area contributed by atoms with Crippen LogP contribution in [0.4, 0.5) is 0 Å². The molecule has 0 aromatic carbocycles. The zero-order valence-electron chi connectivity index (χ0n) is 7.44. The molecule has 0 radical (unpaired) electrons. The maximum atomic E-state index is 8.85. The van der Waals surface area contributed by atoms with Gasteiger partial charge in [-0.05, 0) is 19.9 Å². The smallest absolute Gasteiger partial charge is 0.173 e. The van der Waals surface area contributed by atoms with Gasteiger partial charge in [0.15, 0.2) is 5.65 Å². The van der Waals surface area contributed by atoms with Gasteiger partial charge >= 0.3 is 0 Å². The summed E-state index contributed by atoms with van der Waals surface area (Å²) >= 11 is 0. The van der Waals surface area contributed by atoms with Gasteiger partial charge in [0, 0.05) is 11.9 Å². The van der Waals surface area contributed by atoms with Crippen LogP contribution in [0.1, 0.15) is 17.0 Å². The number of nitriles is 1. The second-order valence-electron chi connectivity index (χ2n) is 2.91. The molecule has 0 aliphatic carbocycles. The number of nitrogens with zero attached hydrogens (tertiary/aromatic N) is 4. The van der Waals surface area contributed by atoms with Crippen molar-refractivity contribution in [1.29, 1.82) is 5.26 Å². The summed E-state index contributed by atoms with van der Waals surface area (Å²) in [5.74, 6) is 0. The van der Waals surface area contributed by atoms with Gasteiger partial charge in [-0.2, -0.15) is 10.4 Å². The molecule has 0 aliphatic rings. The molecule has 4 heteroatoms. The molecule has 13 heavy (non-hydrogen) atoms. The van der Waals surface area contributed by atoms with Gasteiger partial charge in [-0.1, -0.05) is 0 Å². The van der Waals surface area contributed by atoms with Gasteiger partial charge in [-0.15, -0.1) is 0 Å². The quantitative estimate of drug-likeness (QED) is 0.600. The van der Waals surface area contributed by atoms with E-state index in [0.717, 1.165) is 11.4 Å². The third-order valence-electron chi connectivity index (χ3n) is 1.91. The summed E-state index contributed by atoms with van der Waals surface area (Å²) in [6.07, 6.45) is 1.81. The molecule has 2 aromatic rings. The van der Waals surface area contributed by atoms with E-state index in [9.17, 15) is 0 Å². The SMILES string of the molecule is Cc1ccn2nc(C)c(C#N)c2n1.